The van der Waals surface area contributed by atoms with Crippen LogP contribution in [-0.4, -0.2) is 14.5 Å². The fourth-order valence-electron chi connectivity index (χ4n) is 1.91. The third-order valence-electron chi connectivity index (χ3n) is 2.96. The molecule has 0 aliphatic carbocycles. The zero-order valence-electron chi connectivity index (χ0n) is 15.0. The van der Waals surface area contributed by atoms with E-state index in [-0.39, 0.29) is 17.1 Å². The molecule has 0 aromatic heterocycles. The number of halogens is 8. The molecule has 1 radical (unpaired) electrons. The second kappa shape index (κ2) is 22.1. The van der Waals surface area contributed by atoms with Crippen molar-refractivity contribution in [2.75, 3.05) is 0 Å². The quantitative estimate of drug-likeness (QED) is 0.177. The van der Waals surface area contributed by atoms with E-state index < -0.39 is 14.5 Å². The molecule has 0 saturated heterocycles. The molecule has 0 saturated carbocycles. The van der Waals surface area contributed by atoms with Crippen molar-refractivity contribution < 1.29 is 51.6 Å². The van der Waals surface area contributed by atoms with E-state index in [1.165, 1.54) is 77.0 Å². The molecule has 0 aliphatic rings. The topological polar surface area (TPSA) is 0 Å². The first-order chi connectivity index (χ1) is 10.9. The fraction of sp³-hybridized carbons (Fsp3) is 1.00. The molecule has 0 atom stereocenters. The van der Waals surface area contributed by atoms with E-state index in [0.29, 0.717) is 0 Å². The van der Waals surface area contributed by atoms with Crippen LogP contribution in [0.25, 0.3) is 0 Å². The first-order valence-electron chi connectivity index (χ1n) is 8.66. The Labute approximate surface area is 157 Å². The third kappa shape index (κ3) is 95.6. The smallest absolute Gasteiger partial charge is 0.418 e. The summed E-state index contributed by atoms with van der Waals surface area (Å²) >= 11 is 0. The van der Waals surface area contributed by atoms with Gasteiger partial charge in [-0.05, 0) is 0 Å². The second-order valence-electron chi connectivity index (χ2n) is 5.53. The van der Waals surface area contributed by atoms with Crippen LogP contribution < -0.4 is 0 Å². The van der Waals surface area contributed by atoms with E-state index in [2.05, 4.69) is 13.8 Å². The summed E-state index contributed by atoms with van der Waals surface area (Å²) in [5.74, 6) is 0. The summed E-state index contributed by atoms with van der Waals surface area (Å²) in [6, 6.07) is 0. The van der Waals surface area contributed by atoms with Crippen molar-refractivity contribution >= 4 is 14.5 Å². The normalized spacial score (nSPS) is 10.8. The molecule has 0 rings (SSSR count). The summed E-state index contributed by atoms with van der Waals surface area (Å²) in [6.07, 6.45) is 17.4. The Balaban J connectivity index is -0.000000166. The van der Waals surface area contributed by atoms with Gasteiger partial charge in [0.05, 0.1) is 0 Å². The number of unbranched alkanes of at least 4 members (excludes halogenated alkanes) is 11. The van der Waals surface area contributed by atoms with Crippen molar-refractivity contribution in [1.29, 1.82) is 0 Å². The van der Waals surface area contributed by atoms with Crippen LogP contribution in [-0.2, 0) is 17.1 Å². The standard InChI is InChI=1S/C14H30.2BF4.Mn/c1-3-5-7-9-11-13-14-12-10-8-6-4-2;2*2-1(3,4)5;/h3-14H2,1-2H3;;;/q;2*-1;+2. The summed E-state index contributed by atoms with van der Waals surface area (Å²) < 4.78 is 78.0. The Morgan fingerprint density at radius 1 is 0.400 bits per heavy atom. The van der Waals surface area contributed by atoms with Crippen molar-refractivity contribution in [1.82, 2.24) is 0 Å². The minimum atomic E-state index is -6.00. The SMILES string of the molecule is CCCCCCCCCCCCCC.F[B-](F)(F)F.F[B-](F)(F)F.[Mn+2]. The van der Waals surface area contributed by atoms with Crippen LogP contribution in [0.2, 0.25) is 0 Å². The van der Waals surface area contributed by atoms with Crippen LogP contribution >= 0.6 is 0 Å². The van der Waals surface area contributed by atoms with Gasteiger partial charge in [0.2, 0.25) is 0 Å². The van der Waals surface area contributed by atoms with Crippen molar-refractivity contribution in [3.05, 3.63) is 0 Å². The monoisotopic (exact) mass is 427 g/mol. The predicted molar refractivity (Wildman–Crippen MR) is 87.1 cm³/mol. The predicted octanol–water partition coefficient (Wildman–Crippen LogP) is 8.30. The summed E-state index contributed by atoms with van der Waals surface area (Å²) in [6.45, 7) is 4.57. The number of hydrogen-bond donors (Lipinski definition) is 0. The van der Waals surface area contributed by atoms with Gasteiger partial charge in [-0.1, -0.05) is 90.9 Å². The Hall–Kier alpha value is 0.0894. The molecule has 11 heteroatoms. The van der Waals surface area contributed by atoms with Crippen LogP contribution in [0.4, 0.5) is 34.5 Å². The van der Waals surface area contributed by atoms with Crippen molar-refractivity contribution in [2.24, 2.45) is 0 Å². The molecule has 0 heterocycles. The molecule has 0 aromatic rings. The molecule has 0 aliphatic heterocycles. The maximum absolute atomic E-state index is 9.75. The molecule has 155 valence electrons. The van der Waals surface area contributed by atoms with Gasteiger partial charge in [-0.3, -0.25) is 0 Å². The largest absolute Gasteiger partial charge is 2.00 e. The molecule has 0 fully saturated rings. The number of hydrogen-bond acceptors (Lipinski definition) is 0. The summed E-state index contributed by atoms with van der Waals surface area (Å²) in [5, 5.41) is 0. The Kier molecular flexibility index (Phi) is 29.0. The summed E-state index contributed by atoms with van der Waals surface area (Å²) in [4.78, 5) is 0. The first kappa shape index (κ1) is 32.7. The van der Waals surface area contributed by atoms with Crippen LogP contribution in [0.1, 0.15) is 90.9 Å². The minimum absolute atomic E-state index is 0. The van der Waals surface area contributed by atoms with Crippen molar-refractivity contribution in [3.63, 3.8) is 0 Å². The van der Waals surface area contributed by atoms with E-state index in [4.69, 9.17) is 0 Å². The van der Waals surface area contributed by atoms with Crippen LogP contribution in [0.15, 0.2) is 0 Å². The van der Waals surface area contributed by atoms with Gasteiger partial charge in [-0.15, -0.1) is 0 Å². The van der Waals surface area contributed by atoms with E-state index >= 15 is 0 Å². The fourth-order valence-corrected chi connectivity index (χ4v) is 1.91. The zero-order chi connectivity index (χ0) is 19.5. The number of rotatable bonds is 11. The Morgan fingerprint density at radius 3 is 0.640 bits per heavy atom. The molecular formula is C14H30B2F8Mn. The molecule has 0 bridgehead atoms. The van der Waals surface area contributed by atoms with Gasteiger partial charge in [0.25, 0.3) is 0 Å². The van der Waals surface area contributed by atoms with Gasteiger partial charge in [-0.25, -0.2) is 0 Å². The average Bonchev–Trinajstić information content (AvgIpc) is 2.37. The van der Waals surface area contributed by atoms with E-state index in [9.17, 15) is 34.5 Å². The molecule has 0 unspecified atom stereocenters. The Morgan fingerprint density at radius 2 is 0.520 bits per heavy atom. The van der Waals surface area contributed by atoms with Crippen LogP contribution in [0.5, 0.6) is 0 Å². The van der Waals surface area contributed by atoms with Gasteiger partial charge in [0, 0.05) is 0 Å². The molecule has 25 heavy (non-hydrogen) atoms. The van der Waals surface area contributed by atoms with Gasteiger partial charge in [-0.2, -0.15) is 0 Å². The van der Waals surface area contributed by atoms with Crippen molar-refractivity contribution in [2.45, 2.75) is 90.9 Å². The summed E-state index contributed by atoms with van der Waals surface area (Å²) in [7, 11) is -12.0. The van der Waals surface area contributed by atoms with Gasteiger partial charge < -0.3 is 34.5 Å². The zero-order valence-corrected chi connectivity index (χ0v) is 16.2. The Bertz CT molecular complexity index is 202. The molecule has 0 amide bonds. The minimum Gasteiger partial charge on any atom is -0.418 e. The van der Waals surface area contributed by atoms with E-state index in [1.54, 1.807) is 0 Å². The van der Waals surface area contributed by atoms with Crippen LogP contribution in [0.3, 0.4) is 0 Å². The maximum Gasteiger partial charge on any atom is 2.00 e. The molecule has 0 N–H and O–H groups in total. The molecular weight excluding hydrogens is 397 g/mol. The van der Waals surface area contributed by atoms with Crippen molar-refractivity contribution in [3.8, 4) is 0 Å². The molecule has 0 aromatic carbocycles. The van der Waals surface area contributed by atoms with Gasteiger partial charge in [0.1, 0.15) is 0 Å². The van der Waals surface area contributed by atoms with Crippen LogP contribution in [0, 0.1) is 0 Å². The van der Waals surface area contributed by atoms with Gasteiger partial charge in [0.15, 0.2) is 0 Å². The molecule has 0 nitrogen and oxygen atoms in total. The van der Waals surface area contributed by atoms with E-state index in [0.717, 1.165) is 0 Å². The van der Waals surface area contributed by atoms with E-state index in [1.807, 2.05) is 0 Å². The summed E-state index contributed by atoms with van der Waals surface area (Å²) in [5.41, 5.74) is 0. The van der Waals surface area contributed by atoms with Gasteiger partial charge >= 0.3 is 31.6 Å². The molecule has 0 spiro atoms. The second-order valence-corrected chi connectivity index (χ2v) is 5.53. The first-order valence-corrected chi connectivity index (χ1v) is 8.66. The third-order valence-corrected chi connectivity index (χ3v) is 2.96. The maximum atomic E-state index is 9.75. The average molecular weight is 427 g/mol.